The van der Waals surface area contributed by atoms with Crippen LogP contribution in [-0.4, -0.2) is 29.1 Å². The van der Waals surface area contributed by atoms with Gasteiger partial charge in [-0.05, 0) is 23.2 Å². The fourth-order valence-electron chi connectivity index (χ4n) is 3.95. The zero-order valence-corrected chi connectivity index (χ0v) is 14.3. The van der Waals surface area contributed by atoms with Gasteiger partial charge >= 0.3 is 0 Å². The Morgan fingerprint density at radius 3 is 2.15 bits per heavy atom. The number of hydrogen-bond donors (Lipinski definition) is 1. The van der Waals surface area contributed by atoms with Crippen molar-refractivity contribution in [1.82, 2.24) is 10.2 Å². The van der Waals surface area contributed by atoms with Gasteiger partial charge in [0.05, 0.1) is 12.2 Å². The molecular weight excluding hydrogens is 248 g/mol. The van der Waals surface area contributed by atoms with Gasteiger partial charge in [0.1, 0.15) is 0 Å². The van der Waals surface area contributed by atoms with E-state index in [-0.39, 0.29) is 23.0 Å². The van der Waals surface area contributed by atoms with Gasteiger partial charge in [0.25, 0.3) is 0 Å². The fourth-order valence-corrected chi connectivity index (χ4v) is 3.95. The molecule has 1 amide bonds. The van der Waals surface area contributed by atoms with E-state index in [2.05, 4.69) is 58.7 Å². The Kier molecular flexibility index (Phi) is 3.96. The minimum absolute atomic E-state index is 0.0366. The lowest BCUT2D eigenvalue weighted by Crippen LogP contribution is -2.44. The van der Waals surface area contributed by atoms with Crippen LogP contribution in [0.3, 0.4) is 0 Å². The summed E-state index contributed by atoms with van der Waals surface area (Å²) in [6.07, 6.45) is 3.45. The van der Waals surface area contributed by atoms with E-state index in [9.17, 15) is 4.79 Å². The van der Waals surface area contributed by atoms with Crippen molar-refractivity contribution >= 4 is 5.91 Å². The van der Waals surface area contributed by atoms with Crippen LogP contribution in [0.1, 0.15) is 67.7 Å². The average Bonchev–Trinajstić information content (AvgIpc) is 2.62. The largest absolute Gasteiger partial charge is 0.321 e. The zero-order chi connectivity index (χ0) is 15.3. The second kappa shape index (κ2) is 5.01. The Labute approximate surface area is 124 Å². The zero-order valence-electron chi connectivity index (χ0n) is 14.3. The van der Waals surface area contributed by atoms with Gasteiger partial charge in [-0.3, -0.25) is 10.1 Å². The van der Waals surface area contributed by atoms with Crippen molar-refractivity contribution in [3.63, 3.8) is 0 Å². The SMILES string of the molecule is CCCCC1NC(C(C)C)N(C2C(C)(C)C2(C)C)C1=O. The molecule has 0 spiro atoms. The van der Waals surface area contributed by atoms with Crippen molar-refractivity contribution in [2.75, 3.05) is 0 Å². The third kappa shape index (κ3) is 2.18. The van der Waals surface area contributed by atoms with Gasteiger partial charge in [-0.15, -0.1) is 0 Å². The van der Waals surface area contributed by atoms with E-state index >= 15 is 0 Å². The molecule has 2 rings (SSSR count). The molecule has 3 heteroatoms. The molecular formula is C17H32N2O. The fraction of sp³-hybridized carbons (Fsp3) is 0.941. The molecule has 1 heterocycles. The van der Waals surface area contributed by atoms with Crippen molar-refractivity contribution < 1.29 is 4.79 Å². The van der Waals surface area contributed by atoms with Gasteiger partial charge in [0.15, 0.2) is 0 Å². The van der Waals surface area contributed by atoms with Crippen molar-refractivity contribution in [2.24, 2.45) is 16.7 Å². The normalized spacial score (nSPS) is 32.2. The molecule has 0 bridgehead atoms. The lowest BCUT2D eigenvalue weighted by molar-refractivity contribution is -0.132. The second-order valence-electron chi connectivity index (χ2n) is 8.14. The molecule has 1 N–H and O–H groups in total. The van der Waals surface area contributed by atoms with Crippen LogP contribution >= 0.6 is 0 Å². The van der Waals surface area contributed by atoms with E-state index in [4.69, 9.17) is 0 Å². The van der Waals surface area contributed by atoms with E-state index in [1.807, 2.05) is 0 Å². The highest BCUT2D eigenvalue weighted by Gasteiger charge is 2.70. The van der Waals surface area contributed by atoms with Gasteiger partial charge in [-0.2, -0.15) is 0 Å². The van der Waals surface area contributed by atoms with Crippen molar-refractivity contribution in [1.29, 1.82) is 0 Å². The maximum atomic E-state index is 12.8. The Morgan fingerprint density at radius 1 is 1.20 bits per heavy atom. The van der Waals surface area contributed by atoms with E-state index in [0.717, 1.165) is 19.3 Å². The Balaban J connectivity index is 2.20. The van der Waals surface area contributed by atoms with Crippen molar-refractivity contribution in [2.45, 2.75) is 86.0 Å². The first-order valence-electron chi connectivity index (χ1n) is 8.24. The molecule has 2 fully saturated rings. The Bertz CT molecular complexity index is 372. The van der Waals surface area contributed by atoms with Gasteiger partial charge in [0, 0.05) is 6.04 Å². The molecule has 0 aromatic carbocycles. The number of unbranched alkanes of at least 4 members (excludes halogenated alkanes) is 1. The summed E-state index contributed by atoms with van der Waals surface area (Å²) in [7, 11) is 0. The van der Waals surface area contributed by atoms with Gasteiger partial charge in [0.2, 0.25) is 5.91 Å². The minimum atomic E-state index is 0.0366. The maximum absolute atomic E-state index is 12.8. The third-order valence-corrected chi connectivity index (χ3v) is 5.92. The van der Waals surface area contributed by atoms with Crippen LogP contribution in [0.25, 0.3) is 0 Å². The van der Waals surface area contributed by atoms with Gasteiger partial charge in [-0.1, -0.05) is 61.3 Å². The first-order valence-corrected chi connectivity index (χ1v) is 8.24. The van der Waals surface area contributed by atoms with E-state index in [1.54, 1.807) is 0 Å². The summed E-state index contributed by atoms with van der Waals surface area (Å²) in [5, 5.41) is 3.60. The molecule has 1 aliphatic carbocycles. The van der Waals surface area contributed by atoms with Crippen LogP contribution in [-0.2, 0) is 4.79 Å². The Hall–Kier alpha value is -0.570. The first kappa shape index (κ1) is 15.8. The van der Waals surface area contributed by atoms with Crippen LogP contribution in [0.4, 0.5) is 0 Å². The maximum Gasteiger partial charge on any atom is 0.241 e. The molecule has 1 saturated heterocycles. The van der Waals surface area contributed by atoms with Gasteiger partial charge < -0.3 is 4.90 Å². The first-order chi connectivity index (χ1) is 9.16. The van der Waals surface area contributed by atoms with Crippen molar-refractivity contribution in [3.8, 4) is 0 Å². The molecule has 2 unspecified atom stereocenters. The number of carbonyl (C=O) groups is 1. The Morgan fingerprint density at radius 2 is 1.75 bits per heavy atom. The molecule has 3 nitrogen and oxygen atoms in total. The van der Waals surface area contributed by atoms with Crippen LogP contribution in [0.2, 0.25) is 0 Å². The van der Waals surface area contributed by atoms with E-state index in [0.29, 0.717) is 17.9 Å². The number of carbonyl (C=O) groups excluding carboxylic acids is 1. The molecule has 1 saturated carbocycles. The molecule has 0 radical (unpaired) electrons. The summed E-state index contributed by atoms with van der Waals surface area (Å²) in [6, 6.07) is 0.406. The highest BCUT2D eigenvalue weighted by molar-refractivity contribution is 5.85. The quantitative estimate of drug-likeness (QED) is 0.837. The molecule has 0 aromatic heterocycles. The van der Waals surface area contributed by atoms with E-state index < -0.39 is 0 Å². The van der Waals surface area contributed by atoms with Crippen LogP contribution in [0, 0.1) is 16.7 Å². The highest BCUT2D eigenvalue weighted by atomic mass is 16.2. The number of nitrogens with zero attached hydrogens (tertiary/aromatic N) is 1. The van der Waals surface area contributed by atoms with Crippen LogP contribution in [0.5, 0.6) is 0 Å². The number of hydrogen-bond acceptors (Lipinski definition) is 2. The number of rotatable bonds is 5. The second-order valence-corrected chi connectivity index (χ2v) is 8.14. The molecule has 0 aromatic rings. The van der Waals surface area contributed by atoms with Crippen LogP contribution < -0.4 is 5.32 Å². The molecule has 20 heavy (non-hydrogen) atoms. The standard InChI is InChI=1S/C17H32N2O/c1-8-9-10-12-14(20)19(13(18-12)11(2)3)15-16(4,5)17(15,6)7/h11-13,15,18H,8-10H2,1-7H3. The average molecular weight is 280 g/mol. The summed E-state index contributed by atoms with van der Waals surface area (Å²) in [5.74, 6) is 0.790. The van der Waals surface area contributed by atoms with Crippen LogP contribution in [0.15, 0.2) is 0 Å². The third-order valence-electron chi connectivity index (χ3n) is 5.92. The summed E-state index contributed by atoms with van der Waals surface area (Å²) in [6.45, 7) is 15.8. The minimum Gasteiger partial charge on any atom is -0.321 e. The monoisotopic (exact) mass is 280 g/mol. The topological polar surface area (TPSA) is 32.3 Å². The summed E-state index contributed by atoms with van der Waals surface area (Å²) < 4.78 is 0. The van der Waals surface area contributed by atoms with Gasteiger partial charge in [-0.25, -0.2) is 0 Å². The molecule has 2 aliphatic rings. The molecule has 116 valence electrons. The number of nitrogens with one attached hydrogen (secondary N) is 1. The predicted octanol–water partition coefficient (Wildman–Crippen LogP) is 3.39. The van der Waals surface area contributed by atoms with Crippen molar-refractivity contribution in [3.05, 3.63) is 0 Å². The lowest BCUT2D eigenvalue weighted by Gasteiger charge is -2.29. The molecule has 2 atom stereocenters. The lowest BCUT2D eigenvalue weighted by atomic mass is 10.0. The molecule has 1 aliphatic heterocycles. The summed E-state index contributed by atoms with van der Waals surface area (Å²) in [5.41, 5.74) is 0.439. The predicted molar refractivity (Wildman–Crippen MR) is 83.3 cm³/mol. The highest BCUT2D eigenvalue weighted by Crippen LogP contribution is 2.66. The smallest absolute Gasteiger partial charge is 0.241 e. The van der Waals surface area contributed by atoms with E-state index in [1.165, 1.54) is 0 Å². The summed E-state index contributed by atoms with van der Waals surface area (Å²) in [4.78, 5) is 15.0. The number of amides is 1. The summed E-state index contributed by atoms with van der Waals surface area (Å²) >= 11 is 0.